The highest BCUT2D eigenvalue weighted by molar-refractivity contribution is 5.98. The number of amides is 1. The molecule has 1 aliphatic heterocycles. The van der Waals surface area contributed by atoms with Gasteiger partial charge in [0.05, 0.1) is 6.61 Å². The molecule has 1 unspecified atom stereocenters. The number of Topliss-reactive ketones (excluding diaryl/α,β-unsaturated/α-hetero) is 1. The second-order valence-electron chi connectivity index (χ2n) is 5.77. The van der Waals surface area contributed by atoms with Crippen molar-refractivity contribution >= 4 is 11.7 Å². The van der Waals surface area contributed by atoms with Crippen LogP contribution in [0, 0.1) is 5.92 Å². The highest BCUT2D eigenvalue weighted by atomic mass is 16.5. The fourth-order valence-electron chi connectivity index (χ4n) is 2.76. The molecular weight excluding hydrogens is 294 g/mol. The molecule has 0 saturated carbocycles. The predicted octanol–water partition coefficient (Wildman–Crippen LogP) is 2.40. The number of carbonyl (C=O) groups is 2. The molecule has 0 spiro atoms. The van der Waals surface area contributed by atoms with Crippen LogP contribution in [-0.4, -0.2) is 47.5 Å². The number of benzene rings is 1. The standard InChI is InChI=1S/C18H23NO4/c1-3-12-23-13(2)18(22)19-10-8-15(9-11-19)17(21)14-4-6-16(20)7-5-14/h3-7,13,15,20H,1,8-12H2,2H3. The number of phenolic OH excluding ortho intramolecular Hbond substituents is 1. The lowest BCUT2D eigenvalue weighted by Gasteiger charge is -2.32. The van der Waals surface area contributed by atoms with E-state index in [0.29, 0.717) is 38.1 Å². The third-order valence-electron chi connectivity index (χ3n) is 4.14. The number of aromatic hydroxyl groups is 1. The van der Waals surface area contributed by atoms with Crippen molar-refractivity contribution in [1.29, 1.82) is 0 Å². The van der Waals surface area contributed by atoms with Gasteiger partial charge in [0.25, 0.3) is 5.91 Å². The van der Waals surface area contributed by atoms with Crippen molar-refractivity contribution in [2.24, 2.45) is 5.92 Å². The van der Waals surface area contributed by atoms with E-state index in [1.54, 1.807) is 30.0 Å². The second kappa shape index (κ2) is 7.92. The first-order valence-electron chi connectivity index (χ1n) is 7.87. The molecule has 5 heteroatoms. The Labute approximate surface area is 136 Å². The number of nitrogens with zero attached hydrogens (tertiary/aromatic N) is 1. The van der Waals surface area contributed by atoms with Crippen LogP contribution < -0.4 is 0 Å². The molecule has 1 N–H and O–H groups in total. The molecule has 1 amide bonds. The molecule has 124 valence electrons. The Morgan fingerprint density at radius 2 is 1.96 bits per heavy atom. The fraction of sp³-hybridized carbons (Fsp3) is 0.444. The summed E-state index contributed by atoms with van der Waals surface area (Å²) in [5, 5.41) is 9.28. The number of piperidine rings is 1. The van der Waals surface area contributed by atoms with Crippen LogP contribution in [0.3, 0.4) is 0 Å². The Morgan fingerprint density at radius 1 is 1.35 bits per heavy atom. The Balaban J connectivity index is 1.88. The number of rotatable bonds is 6. The molecule has 1 saturated heterocycles. The molecule has 1 aromatic rings. The fourth-order valence-corrected chi connectivity index (χ4v) is 2.76. The Kier molecular flexibility index (Phi) is 5.93. The number of carbonyl (C=O) groups excluding carboxylic acids is 2. The van der Waals surface area contributed by atoms with Crippen molar-refractivity contribution in [3.05, 3.63) is 42.5 Å². The molecule has 0 radical (unpaired) electrons. The van der Waals surface area contributed by atoms with Crippen LogP contribution in [-0.2, 0) is 9.53 Å². The van der Waals surface area contributed by atoms with Gasteiger partial charge in [0, 0.05) is 24.6 Å². The van der Waals surface area contributed by atoms with Gasteiger partial charge in [-0.25, -0.2) is 0 Å². The smallest absolute Gasteiger partial charge is 0.251 e. The first kappa shape index (κ1) is 17.2. The normalized spacial score (nSPS) is 16.8. The van der Waals surface area contributed by atoms with Crippen LogP contribution in [0.15, 0.2) is 36.9 Å². The van der Waals surface area contributed by atoms with Gasteiger partial charge in [0.1, 0.15) is 11.9 Å². The van der Waals surface area contributed by atoms with E-state index in [9.17, 15) is 14.7 Å². The lowest BCUT2D eigenvalue weighted by atomic mass is 9.88. The van der Waals surface area contributed by atoms with E-state index in [1.807, 2.05) is 0 Å². The summed E-state index contributed by atoms with van der Waals surface area (Å²) < 4.78 is 5.36. The van der Waals surface area contributed by atoms with Gasteiger partial charge in [-0.2, -0.15) is 0 Å². The molecule has 0 aliphatic carbocycles. The summed E-state index contributed by atoms with van der Waals surface area (Å²) in [5.74, 6) is 0.110. The zero-order valence-corrected chi connectivity index (χ0v) is 13.4. The third-order valence-corrected chi connectivity index (χ3v) is 4.14. The molecule has 2 rings (SSSR count). The first-order valence-corrected chi connectivity index (χ1v) is 7.87. The Hall–Kier alpha value is -2.14. The van der Waals surface area contributed by atoms with Crippen molar-refractivity contribution in [3.8, 4) is 5.75 Å². The lowest BCUT2D eigenvalue weighted by Crippen LogP contribution is -2.44. The number of ether oxygens (including phenoxy) is 1. The molecule has 1 fully saturated rings. The molecule has 0 aromatic heterocycles. The third kappa shape index (κ3) is 4.42. The highest BCUT2D eigenvalue weighted by Gasteiger charge is 2.29. The minimum absolute atomic E-state index is 0.0395. The minimum atomic E-state index is -0.489. The first-order chi connectivity index (χ1) is 11.0. The van der Waals surface area contributed by atoms with Crippen LogP contribution in [0.1, 0.15) is 30.1 Å². The molecule has 23 heavy (non-hydrogen) atoms. The molecule has 1 aromatic carbocycles. The largest absolute Gasteiger partial charge is 0.508 e. The second-order valence-corrected chi connectivity index (χ2v) is 5.77. The summed E-state index contributed by atoms with van der Waals surface area (Å²) in [4.78, 5) is 26.4. The molecule has 0 bridgehead atoms. The topological polar surface area (TPSA) is 66.8 Å². The minimum Gasteiger partial charge on any atom is -0.508 e. The van der Waals surface area contributed by atoms with Gasteiger partial charge in [-0.05, 0) is 44.0 Å². The maximum atomic E-state index is 12.4. The molecule has 1 atom stereocenters. The predicted molar refractivity (Wildman–Crippen MR) is 87.4 cm³/mol. The van der Waals surface area contributed by atoms with Crippen LogP contribution in [0.2, 0.25) is 0 Å². The summed E-state index contributed by atoms with van der Waals surface area (Å²) in [6, 6.07) is 6.32. The van der Waals surface area contributed by atoms with Gasteiger partial charge >= 0.3 is 0 Å². The summed E-state index contributed by atoms with van der Waals surface area (Å²) in [7, 11) is 0. The molecule has 1 aliphatic rings. The van der Waals surface area contributed by atoms with E-state index in [0.717, 1.165) is 0 Å². The lowest BCUT2D eigenvalue weighted by molar-refractivity contribution is -0.143. The average molecular weight is 317 g/mol. The van der Waals surface area contributed by atoms with Gasteiger partial charge < -0.3 is 14.7 Å². The summed E-state index contributed by atoms with van der Waals surface area (Å²) >= 11 is 0. The highest BCUT2D eigenvalue weighted by Crippen LogP contribution is 2.23. The van der Waals surface area contributed by atoms with E-state index in [1.165, 1.54) is 12.1 Å². The number of hydrogen-bond donors (Lipinski definition) is 1. The van der Waals surface area contributed by atoms with E-state index in [4.69, 9.17) is 4.74 Å². The van der Waals surface area contributed by atoms with E-state index >= 15 is 0 Å². The van der Waals surface area contributed by atoms with Gasteiger partial charge in [-0.3, -0.25) is 9.59 Å². The Morgan fingerprint density at radius 3 is 2.52 bits per heavy atom. The zero-order valence-electron chi connectivity index (χ0n) is 13.4. The SMILES string of the molecule is C=CCOC(C)C(=O)N1CCC(C(=O)c2ccc(O)cc2)CC1. The van der Waals surface area contributed by atoms with E-state index in [-0.39, 0.29) is 23.4 Å². The van der Waals surface area contributed by atoms with Gasteiger partial charge in [-0.15, -0.1) is 6.58 Å². The Bertz CT molecular complexity index is 559. The average Bonchev–Trinajstić information content (AvgIpc) is 2.59. The van der Waals surface area contributed by atoms with Crippen LogP contribution in [0.5, 0.6) is 5.75 Å². The van der Waals surface area contributed by atoms with Crippen molar-refractivity contribution < 1.29 is 19.4 Å². The van der Waals surface area contributed by atoms with Gasteiger partial charge in [0.2, 0.25) is 0 Å². The molecule has 5 nitrogen and oxygen atoms in total. The van der Waals surface area contributed by atoms with Crippen LogP contribution in [0.4, 0.5) is 0 Å². The van der Waals surface area contributed by atoms with Crippen molar-refractivity contribution in [3.63, 3.8) is 0 Å². The summed E-state index contributed by atoms with van der Waals surface area (Å²) in [6.07, 6.45) is 2.43. The summed E-state index contributed by atoms with van der Waals surface area (Å²) in [6.45, 7) is 6.78. The maximum absolute atomic E-state index is 12.4. The van der Waals surface area contributed by atoms with Crippen LogP contribution >= 0.6 is 0 Å². The van der Waals surface area contributed by atoms with Crippen molar-refractivity contribution in [2.45, 2.75) is 25.9 Å². The summed E-state index contributed by atoms with van der Waals surface area (Å²) in [5.41, 5.74) is 0.607. The number of phenols is 1. The quantitative estimate of drug-likeness (QED) is 0.646. The number of ketones is 1. The molecule has 1 heterocycles. The van der Waals surface area contributed by atoms with E-state index in [2.05, 4.69) is 6.58 Å². The monoisotopic (exact) mass is 317 g/mol. The van der Waals surface area contributed by atoms with Gasteiger partial charge in [-0.1, -0.05) is 6.08 Å². The van der Waals surface area contributed by atoms with Crippen molar-refractivity contribution in [1.82, 2.24) is 4.90 Å². The number of likely N-dealkylation sites (tertiary alicyclic amines) is 1. The maximum Gasteiger partial charge on any atom is 0.251 e. The van der Waals surface area contributed by atoms with E-state index < -0.39 is 6.10 Å². The van der Waals surface area contributed by atoms with Crippen molar-refractivity contribution in [2.75, 3.05) is 19.7 Å². The molecular formula is C18H23NO4. The van der Waals surface area contributed by atoms with Gasteiger partial charge in [0.15, 0.2) is 5.78 Å². The zero-order chi connectivity index (χ0) is 16.8. The van der Waals surface area contributed by atoms with Crippen LogP contribution in [0.25, 0.3) is 0 Å². The number of hydrogen-bond acceptors (Lipinski definition) is 4.